The second-order valence-electron chi connectivity index (χ2n) is 13.1. The molecule has 11 nitrogen and oxygen atoms in total. The number of nitrogens with zero attached hydrogens (tertiary/aromatic N) is 2. The summed E-state index contributed by atoms with van der Waals surface area (Å²) in [7, 11) is 0. The van der Waals surface area contributed by atoms with Gasteiger partial charge in [0.05, 0.1) is 29.4 Å². The van der Waals surface area contributed by atoms with Crippen LogP contribution >= 0.6 is 0 Å². The molecule has 3 aromatic heterocycles. The maximum absolute atomic E-state index is 13.2. The van der Waals surface area contributed by atoms with Gasteiger partial charge >= 0.3 is 0 Å². The fraction of sp³-hybridized carbons (Fsp3) is 0.395. The molecule has 5 atom stereocenters. The SMILES string of the molecule is C=Cc1c(C)c2cc3nc(c(C)c4cc(C)c(cc5nc(cc1[nH]2)C(C)=C5CC)[nH]4)C(CCC(=O)N[C@H]1C(O)O[C@H](CO)[C@H](O)[C@@H]1O)=C3C. The van der Waals surface area contributed by atoms with Crippen LogP contribution in [0.3, 0.4) is 0 Å². The van der Waals surface area contributed by atoms with Crippen molar-refractivity contribution in [2.24, 2.45) is 0 Å². The summed E-state index contributed by atoms with van der Waals surface area (Å²) >= 11 is 0. The molecule has 3 aliphatic heterocycles. The Hall–Kier alpha value is -4.39. The van der Waals surface area contributed by atoms with E-state index in [2.05, 4.69) is 67.8 Å². The van der Waals surface area contributed by atoms with Crippen molar-refractivity contribution in [3.63, 3.8) is 0 Å². The number of aromatic nitrogens is 4. The lowest BCUT2D eigenvalue weighted by Crippen LogP contribution is -2.64. The zero-order valence-electron chi connectivity index (χ0n) is 28.8. The first kappa shape index (κ1) is 34.5. The van der Waals surface area contributed by atoms with E-state index >= 15 is 0 Å². The predicted octanol–water partition coefficient (Wildman–Crippen LogP) is 4.85. The number of carbonyl (C=O) groups is 1. The summed E-state index contributed by atoms with van der Waals surface area (Å²) < 4.78 is 5.21. The highest BCUT2D eigenvalue weighted by atomic mass is 16.6. The van der Waals surface area contributed by atoms with Gasteiger partial charge in [0, 0.05) is 34.1 Å². The molecule has 1 amide bonds. The van der Waals surface area contributed by atoms with E-state index in [9.17, 15) is 25.2 Å². The molecule has 0 aliphatic carbocycles. The largest absolute Gasteiger partial charge is 0.394 e. The third-order valence-corrected chi connectivity index (χ3v) is 10.2. The van der Waals surface area contributed by atoms with Crippen LogP contribution in [0.2, 0.25) is 0 Å². The Morgan fingerprint density at radius 2 is 1.51 bits per heavy atom. The first-order valence-electron chi connectivity index (χ1n) is 16.7. The fourth-order valence-corrected chi connectivity index (χ4v) is 7.08. The standard InChI is InChI=1S/C38H45N5O6/c1-8-22-19(5)28-15-31-23(9-2)18(4)27(40-31)14-29-20(6)24(10-11-33(45)43-35-37(47)36(46)32(16-44)49-38(35)48)34(42-29)21(7)26-12-17(3)25(39-26)13-30(22)41-28/h9,12-15,32,35-40,44,46-48H,2,8,10-11,16H2,1,3-7H3,(H,43,45)/t32-,35-,36+,37-,38?/m1/s1. The average Bonchev–Trinajstić information content (AvgIpc) is 3.78. The number of carbonyl (C=O) groups excluding carboxylic acids is 1. The van der Waals surface area contributed by atoms with Gasteiger partial charge in [-0.05, 0) is 111 Å². The molecule has 3 aromatic rings. The number of aliphatic hydroxyl groups is 4. The molecule has 0 radical (unpaired) electrons. The highest BCUT2D eigenvalue weighted by molar-refractivity contribution is 5.96. The zero-order chi connectivity index (χ0) is 35.3. The smallest absolute Gasteiger partial charge is 0.220 e. The number of hydrogen-bond donors (Lipinski definition) is 7. The summed E-state index contributed by atoms with van der Waals surface area (Å²) in [6.07, 6.45) is -2.69. The molecule has 49 heavy (non-hydrogen) atoms. The number of allylic oxidation sites excluding steroid dienone is 4. The minimum Gasteiger partial charge on any atom is -0.394 e. The highest BCUT2D eigenvalue weighted by Gasteiger charge is 2.44. The third-order valence-electron chi connectivity index (χ3n) is 10.2. The van der Waals surface area contributed by atoms with E-state index in [1.54, 1.807) is 0 Å². The number of hydrogen-bond acceptors (Lipinski definition) is 8. The van der Waals surface area contributed by atoms with Gasteiger partial charge < -0.3 is 40.4 Å². The Balaban J connectivity index is 1.47. The molecule has 8 bridgehead atoms. The number of amides is 1. The van der Waals surface area contributed by atoms with Gasteiger partial charge in [-0.25, -0.2) is 9.97 Å². The molecule has 1 unspecified atom stereocenters. The van der Waals surface area contributed by atoms with Crippen LogP contribution in [0.5, 0.6) is 0 Å². The van der Waals surface area contributed by atoms with E-state index < -0.39 is 43.2 Å². The molecule has 6 heterocycles. The van der Waals surface area contributed by atoms with Gasteiger partial charge in [0.25, 0.3) is 0 Å². The van der Waals surface area contributed by atoms with E-state index in [-0.39, 0.29) is 6.42 Å². The summed E-state index contributed by atoms with van der Waals surface area (Å²) in [6.45, 7) is 15.9. The maximum atomic E-state index is 13.2. The van der Waals surface area contributed by atoms with Crippen LogP contribution in [-0.4, -0.2) is 83.5 Å². The molecule has 0 spiro atoms. The van der Waals surface area contributed by atoms with Crippen molar-refractivity contribution < 1.29 is 30.0 Å². The lowest BCUT2D eigenvalue weighted by Gasteiger charge is -2.40. The normalized spacial score (nSPS) is 22.5. The van der Waals surface area contributed by atoms with Crippen molar-refractivity contribution in [2.75, 3.05) is 6.61 Å². The highest BCUT2D eigenvalue weighted by Crippen LogP contribution is 2.37. The number of ether oxygens (including phenoxy) is 1. The summed E-state index contributed by atoms with van der Waals surface area (Å²) in [5.41, 5.74) is 15.2. The van der Waals surface area contributed by atoms with Crippen LogP contribution in [0, 0.1) is 20.8 Å². The lowest BCUT2D eigenvalue weighted by atomic mass is 9.96. The number of aromatic amines is 2. The average molecular weight is 668 g/mol. The first-order valence-corrected chi connectivity index (χ1v) is 16.7. The van der Waals surface area contributed by atoms with Gasteiger partial charge in [-0.2, -0.15) is 0 Å². The first-order chi connectivity index (χ1) is 23.4. The number of H-pyrrole nitrogens is 2. The van der Waals surface area contributed by atoms with Crippen molar-refractivity contribution >= 4 is 56.3 Å². The van der Waals surface area contributed by atoms with E-state index in [1.807, 2.05) is 26.0 Å². The second kappa shape index (κ2) is 13.5. The molecule has 11 heteroatoms. The van der Waals surface area contributed by atoms with Gasteiger partial charge in [0.15, 0.2) is 6.29 Å². The van der Waals surface area contributed by atoms with Crippen molar-refractivity contribution in [1.82, 2.24) is 25.3 Å². The molecule has 1 saturated heterocycles. The Morgan fingerprint density at radius 1 is 0.878 bits per heavy atom. The number of aryl methyl sites for hydroxylation is 3. The van der Waals surface area contributed by atoms with E-state index in [1.165, 1.54) is 5.57 Å². The van der Waals surface area contributed by atoms with Crippen LogP contribution in [0.25, 0.3) is 50.4 Å². The summed E-state index contributed by atoms with van der Waals surface area (Å²) in [5.74, 6) is -0.443. The Bertz CT molecular complexity index is 2070. The fourth-order valence-electron chi connectivity index (χ4n) is 7.08. The third kappa shape index (κ3) is 6.17. The van der Waals surface area contributed by atoms with Gasteiger partial charge in [0.2, 0.25) is 5.91 Å². The number of nitrogens with one attached hydrogen (secondary N) is 3. The van der Waals surface area contributed by atoms with Crippen molar-refractivity contribution in [3.05, 3.63) is 75.9 Å². The lowest BCUT2D eigenvalue weighted by molar-refractivity contribution is -0.253. The monoisotopic (exact) mass is 667 g/mol. The summed E-state index contributed by atoms with van der Waals surface area (Å²) in [4.78, 5) is 30.6. The van der Waals surface area contributed by atoms with E-state index in [0.29, 0.717) is 6.42 Å². The molecule has 0 saturated carbocycles. The number of aliphatic hydroxyl groups excluding tert-OH is 4. The minimum absolute atomic E-state index is 0.0235. The molecular weight excluding hydrogens is 622 g/mol. The molecule has 0 aromatic carbocycles. The van der Waals surface area contributed by atoms with Gasteiger partial charge in [-0.1, -0.05) is 19.6 Å². The predicted molar refractivity (Wildman–Crippen MR) is 192 cm³/mol. The molecule has 7 N–H and O–H groups in total. The van der Waals surface area contributed by atoms with E-state index in [0.717, 1.165) is 90.2 Å². The van der Waals surface area contributed by atoms with Gasteiger partial charge in [-0.3, -0.25) is 4.79 Å². The minimum atomic E-state index is -1.59. The Kier molecular flexibility index (Phi) is 9.49. The summed E-state index contributed by atoms with van der Waals surface area (Å²) in [5, 5.41) is 43.2. The molecule has 258 valence electrons. The quantitative estimate of drug-likeness (QED) is 0.187. The van der Waals surface area contributed by atoms with Crippen molar-refractivity contribution in [3.8, 4) is 0 Å². The van der Waals surface area contributed by atoms with Crippen LogP contribution in [0.4, 0.5) is 0 Å². The molecule has 3 aliphatic rings. The van der Waals surface area contributed by atoms with Gasteiger partial charge in [-0.15, -0.1) is 0 Å². The summed E-state index contributed by atoms with van der Waals surface area (Å²) in [6, 6.07) is 7.06. The molecule has 1 fully saturated rings. The van der Waals surface area contributed by atoms with E-state index in [4.69, 9.17) is 14.7 Å². The van der Waals surface area contributed by atoms with Crippen molar-refractivity contribution in [2.45, 2.75) is 91.4 Å². The van der Waals surface area contributed by atoms with Crippen molar-refractivity contribution in [1.29, 1.82) is 0 Å². The van der Waals surface area contributed by atoms with Gasteiger partial charge in [0.1, 0.15) is 24.4 Å². The maximum Gasteiger partial charge on any atom is 0.220 e. The van der Waals surface area contributed by atoms with Crippen LogP contribution in [0.15, 0.2) is 30.8 Å². The topological polar surface area (TPSA) is 177 Å². The van der Waals surface area contributed by atoms with Crippen LogP contribution < -0.4 is 5.32 Å². The molecular formula is C38H45N5O6. The zero-order valence-corrected chi connectivity index (χ0v) is 28.8. The molecule has 6 rings (SSSR count). The van der Waals surface area contributed by atoms with Crippen LogP contribution in [0.1, 0.15) is 85.1 Å². The van der Waals surface area contributed by atoms with Crippen LogP contribution in [-0.2, 0) is 9.53 Å². The number of fused-ring (bicyclic) bond motifs is 8. The Morgan fingerprint density at radius 3 is 2.20 bits per heavy atom. The second-order valence-corrected chi connectivity index (χ2v) is 13.1. The Labute approximate surface area is 285 Å². The number of rotatable bonds is 7.